The SMILES string of the molecule is CC(C)C(=O)OC(C)(O)C(F)(F)F. The summed E-state index contributed by atoms with van der Waals surface area (Å²) in [5, 5.41) is 8.70. The molecule has 0 spiro atoms. The van der Waals surface area contributed by atoms with E-state index < -0.39 is 23.9 Å². The van der Waals surface area contributed by atoms with Crippen molar-refractivity contribution in [1.29, 1.82) is 0 Å². The lowest BCUT2D eigenvalue weighted by molar-refractivity contribution is -0.344. The third-order valence-electron chi connectivity index (χ3n) is 1.30. The molecule has 0 heterocycles. The van der Waals surface area contributed by atoms with E-state index >= 15 is 0 Å². The van der Waals surface area contributed by atoms with Gasteiger partial charge in [-0.1, -0.05) is 13.8 Å². The molecule has 3 nitrogen and oxygen atoms in total. The molecule has 0 aromatic rings. The van der Waals surface area contributed by atoms with E-state index in [1.165, 1.54) is 13.8 Å². The van der Waals surface area contributed by atoms with Crippen LogP contribution in [0, 0.1) is 5.92 Å². The predicted molar refractivity (Wildman–Crippen MR) is 37.6 cm³/mol. The third kappa shape index (κ3) is 3.22. The van der Waals surface area contributed by atoms with Gasteiger partial charge in [0.15, 0.2) is 0 Å². The summed E-state index contributed by atoms with van der Waals surface area (Å²) in [6, 6.07) is 0. The number of ether oxygens (including phenoxy) is 1. The van der Waals surface area contributed by atoms with Gasteiger partial charge in [0, 0.05) is 6.92 Å². The Morgan fingerprint density at radius 2 is 1.77 bits per heavy atom. The number of carbonyl (C=O) groups excluding carboxylic acids is 1. The van der Waals surface area contributed by atoms with Crippen LogP contribution in [0.2, 0.25) is 0 Å². The van der Waals surface area contributed by atoms with Crippen LogP contribution in [0.25, 0.3) is 0 Å². The summed E-state index contributed by atoms with van der Waals surface area (Å²) < 4.78 is 39.6. The number of rotatable bonds is 2. The lowest BCUT2D eigenvalue weighted by Crippen LogP contribution is -2.46. The van der Waals surface area contributed by atoms with E-state index in [9.17, 15) is 18.0 Å². The Kier molecular flexibility index (Phi) is 3.32. The van der Waals surface area contributed by atoms with Crippen LogP contribution in [0.1, 0.15) is 20.8 Å². The van der Waals surface area contributed by atoms with Gasteiger partial charge in [-0.05, 0) is 0 Å². The highest BCUT2D eigenvalue weighted by Crippen LogP contribution is 2.31. The van der Waals surface area contributed by atoms with Gasteiger partial charge in [-0.3, -0.25) is 4.79 Å². The largest absolute Gasteiger partial charge is 0.455 e. The zero-order valence-electron chi connectivity index (χ0n) is 7.47. The summed E-state index contributed by atoms with van der Waals surface area (Å²) >= 11 is 0. The average Bonchev–Trinajstić information content (AvgIpc) is 1.83. The lowest BCUT2D eigenvalue weighted by Gasteiger charge is -2.26. The summed E-state index contributed by atoms with van der Waals surface area (Å²) in [6.45, 7) is 3.12. The number of hydrogen-bond donors (Lipinski definition) is 1. The zero-order valence-corrected chi connectivity index (χ0v) is 7.47. The fraction of sp³-hybridized carbons (Fsp3) is 0.857. The van der Waals surface area contributed by atoms with Crippen LogP contribution in [-0.2, 0) is 9.53 Å². The van der Waals surface area contributed by atoms with E-state index in [2.05, 4.69) is 4.74 Å². The summed E-state index contributed by atoms with van der Waals surface area (Å²) in [6.07, 6.45) is -4.97. The van der Waals surface area contributed by atoms with Gasteiger partial charge < -0.3 is 9.84 Å². The van der Waals surface area contributed by atoms with Crippen molar-refractivity contribution >= 4 is 5.97 Å². The predicted octanol–water partition coefficient (Wildman–Crippen LogP) is 1.46. The number of esters is 1. The molecule has 0 fully saturated rings. The Morgan fingerprint density at radius 3 is 2.00 bits per heavy atom. The second-order valence-corrected chi connectivity index (χ2v) is 3.06. The maximum atomic E-state index is 11.9. The molecule has 0 bridgehead atoms. The maximum Gasteiger partial charge on any atom is 0.455 e. The quantitative estimate of drug-likeness (QED) is 0.542. The Morgan fingerprint density at radius 1 is 1.38 bits per heavy atom. The van der Waals surface area contributed by atoms with Gasteiger partial charge in [0.1, 0.15) is 0 Å². The molecule has 0 aliphatic rings. The molecule has 0 saturated heterocycles. The second-order valence-electron chi connectivity index (χ2n) is 3.06. The fourth-order valence-electron chi connectivity index (χ4n) is 0.372. The summed E-state index contributed by atoms with van der Waals surface area (Å²) in [4.78, 5) is 10.7. The van der Waals surface area contributed by atoms with Gasteiger partial charge in [0.25, 0.3) is 0 Å². The van der Waals surface area contributed by atoms with Crippen molar-refractivity contribution in [2.45, 2.75) is 32.7 Å². The molecule has 0 aromatic heterocycles. The van der Waals surface area contributed by atoms with Crippen molar-refractivity contribution in [3.05, 3.63) is 0 Å². The van der Waals surface area contributed by atoms with E-state index in [-0.39, 0.29) is 0 Å². The molecule has 0 rings (SSSR count). The molecule has 13 heavy (non-hydrogen) atoms. The summed E-state index contributed by atoms with van der Waals surface area (Å²) in [5.74, 6) is -5.22. The van der Waals surface area contributed by atoms with E-state index in [1.807, 2.05) is 0 Å². The number of alkyl halides is 3. The van der Waals surface area contributed by atoms with Gasteiger partial charge >= 0.3 is 17.9 Å². The molecule has 0 saturated carbocycles. The van der Waals surface area contributed by atoms with Crippen molar-refractivity contribution in [2.75, 3.05) is 0 Å². The monoisotopic (exact) mass is 200 g/mol. The van der Waals surface area contributed by atoms with Crippen molar-refractivity contribution in [1.82, 2.24) is 0 Å². The Hall–Kier alpha value is -0.780. The van der Waals surface area contributed by atoms with Gasteiger partial charge in [-0.2, -0.15) is 13.2 Å². The highest BCUT2D eigenvalue weighted by Gasteiger charge is 2.53. The molecule has 1 atom stereocenters. The van der Waals surface area contributed by atoms with Crippen molar-refractivity contribution in [3.8, 4) is 0 Å². The molecule has 0 amide bonds. The van der Waals surface area contributed by atoms with E-state index in [4.69, 9.17) is 5.11 Å². The van der Waals surface area contributed by atoms with Crippen LogP contribution in [0.5, 0.6) is 0 Å². The molecule has 0 aliphatic heterocycles. The first kappa shape index (κ1) is 12.2. The molecular formula is C7H11F3O3. The zero-order chi connectivity index (χ0) is 10.9. The molecule has 1 N–H and O–H groups in total. The van der Waals surface area contributed by atoms with Crippen LogP contribution in [0.4, 0.5) is 13.2 Å². The Bertz CT molecular complexity index is 196. The average molecular weight is 200 g/mol. The van der Waals surface area contributed by atoms with Gasteiger partial charge in [0.05, 0.1) is 5.92 Å². The lowest BCUT2D eigenvalue weighted by atomic mass is 10.2. The minimum absolute atomic E-state index is 0.382. The minimum atomic E-state index is -4.97. The van der Waals surface area contributed by atoms with Crippen LogP contribution >= 0.6 is 0 Å². The standard InChI is InChI=1S/C7H11F3O3/c1-4(2)5(11)13-6(3,12)7(8,9)10/h4,12H,1-3H3. The van der Waals surface area contributed by atoms with Crippen LogP contribution in [-0.4, -0.2) is 23.0 Å². The third-order valence-corrected chi connectivity index (χ3v) is 1.30. The molecular weight excluding hydrogens is 189 g/mol. The summed E-state index contributed by atoms with van der Waals surface area (Å²) in [5.41, 5.74) is 0. The van der Waals surface area contributed by atoms with Gasteiger partial charge in [-0.25, -0.2) is 0 Å². The first-order chi connectivity index (χ1) is 5.58. The minimum Gasteiger partial charge on any atom is -0.423 e. The van der Waals surface area contributed by atoms with Crippen LogP contribution < -0.4 is 0 Å². The number of hydrogen-bond acceptors (Lipinski definition) is 3. The first-order valence-corrected chi connectivity index (χ1v) is 3.60. The number of halogens is 3. The fourth-order valence-corrected chi connectivity index (χ4v) is 0.372. The molecule has 0 aliphatic carbocycles. The smallest absolute Gasteiger partial charge is 0.423 e. The molecule has 78 valence electrons. The number of aliphatic hydroxyl groups is 1. The second kappa shape index (κ2) is 3.53. The van der Waals surface area contributed by atoms with Crippen molar-refractivity contribution in [2.24, 2.45) is 5.92 Å². The van der Waals surface area contributed by atoms with E-state index in [1.54, 1.807) is 0 Å². The van der Waals surface area contributed by atoms with Gasteiger partial charge in [-0.15, -0.1) is 0 Å². The Labute approximate surface area is 73.5 Å². The van der Waals surface area contributed by atoms with Crippen LogP contribution in [0.15, 0.2) is 0 Å². The van der Waals surface area contributed by atoms with Crippen molar-refractivity contribution < 1.29 is 27.8 Å². The molecule has 1 unspecified atom stereocenters. The van der Waals surface area contributed by atoms with Crippen LogP contribution in [0.3, 0.4) is 0 Å². The van der Waals surface area contributed by atoms with E-state index in [0.717, 1.165) is 0 Å². The molecule has 0 aromatic carbocycles. The summed E-state index contributed by atoms with van der Waals surface area (Å²) in [7, 11) is 0. The van der Waals surface area contributed by atoms with E-state index in [0.29, 0.717) is 6.92 Å². The highest BCUT2D eigenvalue weighted by molar-refractivity contribution is 5.71. The highest BCUT2D eigenvalue weighted by atomic mass is 19.4. The molecule has 0 radical (unpaired) electrons. The van der Waals surface area contributed by atoms with Crippen molar-refractivity contribution in [3.63, 3.8) is 0 Å². The number of carbonyl (C=O) groups is 1. The Balaban J connectivity index is 4.44. The topological polar surface area (TPSA) is 46.5 Å². The molecule has 6 heteroatoms. The normalized spacial score (nSPS) is 16.9. The van der Waals surface area contributed by atoms with Gasteiger partial charge in [0.2, 0.25) is 0 Å². The maximum absolute atomic E-state index is 11.9. The first-order valence-electron chi connectivity index (χ1n) is 3.60.